The topological polar surface area (TPSA) is 29.1 Å². The first kappa shape index (κ1) is 12.7. The van der Waals surface area contributed by atoms with Gasteiger partial charge >= 0.3 is 12.1 Å². The number of alkyl halides is 3. The van der Waals surface area contributed by atoms with E-state index in [0.29, 0.717) is 18.1 Å². The van der Waals surface area contributed by atoms with Gasteiger partial charge in [0.15, 0.2) is 0 Å². The summed E-state index contributed by atoms with van der Waals surface area (Å²) in [6, 6.07) is -0.315. The van der Waals surface area contributed by atoms with Gasteiger partial charge in [0, 0.05) is 11.3 Å². The number of rotatable bonds is 2. The molecule has 1 N–H and O–H groups in total. The number of hydrogen-bond acceptors (Lipinski definition) is 2. The van der Waals surface area contributed by atoms with Gasteiger partial charge in [-0.05, 0) is 25.5 Å². The summed E-state index contributed by atoms with van der Waals surface area (Å²) >= 11 is 1.65. The minimum absolute atomic E-state index is 0.315. The number of carbonyl (C=O) groups is 1. The zero-order valence-corrected chi connectivity index (χ0v) is 9.25. The first-order valence-electron chi connectivity index (χ1n) is 4.84. The predicted octanol–water partition coefficient (Wildman–Crippen LogP) is 2.34. The van der Waals surface area contributed by atoms with Crippen LogP contribution in [0.3, 0.4) is 0 Å². The van der Waals surface area contributed by atoms with Gasteiger partial charge in [-0.25, -0.2) is 0 Å². The Kier molecular flexibility index (Phi) is 4.31. The molecule has 2 atom stereocenters. The molecule has 1 saturated carbocycles. The van der Waals surface area contributed by atoms with E-state index < -0.39 is 12.1 Å². The molecule has 1 aliphatic rings. The number of thioether (sulfide) groups is 1. The third-order valence-electron chi connectivity index (χ3n) is 2.55. The number of nitrogens with one attached hydrogen (secondary N) is 1. The molecule has 0 bridgehead atoms. The van der Waals surface area contributed by atoms with Crippen molar-refractivity contribution >= 4 is 17.7 Å². The maximum absolute atomic E-state index is 12.0. The molecular weight excluding hydrogens is 227 g/mol. The summed E-state index contributed by atoms with van der Waals surface area (Å²) in [5.74, 6) is -1.81. The van der Waals surface area contributed by atoms with E-state index in [1.54, 1.807) is 11.8 Å². The summed E-state index contributed by atoms with van der Waals surface area (Å²) in [6.07, 6.45) is 0.390. The molecular formula is C9H14F3NOS. The molecule has 0 aromatic heterocycles. The van der Waals surface area contributed by atoms with Gasteiger partial charge in [-0.15, -0.1) is 0 Å². The third-order valence-corrected chi connectivity index (χ3v) is 3.65. The van der Waals surface area contributed by atoms with E-state index in [0.717, 1.165) is 12.8 Å². The van der Waals surface area contributed by atoms with Crippen LogP contribution in [0.1, 0.15) is 25.7 Å². The molecule has 0 aromatic rings. The number of halogens is 3. The van der Waals surface area contributed by atoms with Crippen molar-refractivity contribution in [3.8, 4) is 0 Å². The average molecular weight is 241 g/mol. The fourth-order valence-corrected chi connectivity index (χ4v) is 2.58. The van der Waals surface area contributed by atoms with E-state index in [-0.39, 0.29) is 6.04 Å². The molecule has 1 fully saturated rings. The molecule has 0 aromatic carbocycles. The van der Waals surface area contributed by atoms with E-state index >= 15 is 0 Å². The van der Waals surface area contributed by atoms with Crippen LogP contribution >= 0.6 is 11.8 Å². The van der Waals surface area contributed by atoms with E-state index in [2.05, 4.69) is 0 Å². The Balaban J connectivity index is 2.41. The van der Waals surface area contributed by atoms with Gasteiger partial charge in [0.2, 0.25) is 0 Å². The summed E-state index contributed by atoms with van der Waals surface area (Å²) < 4.78 is 35.9. The molecule has 2 unspecified atom stereocenters. The van der Waals surface area contributed by atoms with E-state index in [1.165, 1.54) is 0 Å². The zero-order chi connectivity index (χ0) is 11.5. The van der Waals surface area contributed by atoms with Gasteiger partial charge in [-0.3, -0.25) is 4.79 Å². The Morgan fingerprint density at radius 2 is 2.07 bits per heavy atom. The SMILES string of the molecule is CSC1CCCC(NC(=O)C(F)(F)F)C1. The Bertz CT molecular complexity index is 232. The van der Waals surface area contributed by atoms with Crippen molar-refractivity contribution in [2.45, 2.75) is 43.2 Å². The molecule has 0 spiro atoms. The second-order valence-electron chi connectivity index (χ2n) is 3.69. The van der Waals surface area contributed by atoms with Gasteiger partial charge in [0.05, 0.1) is 0 Å². The van der Waals surface area contributed by atoms with Crippen LogP contribution < -0.4 is 5.32 Å². The van der Waals surface area contributed by atoms with Crippen molar-refractivity contribution in [2.24, 2.45) is 0 Å². The summed E-state index contributed by atoms with van der Waals surface area (Å²) in [5, 5.41) is 2.42. The van der Waals surface area contributed by atoms with Crippen molar-refractivity contribution in [2.75, 3.05) is 6.26 Å². The predicted molar refractivity (Wildman–Crippen MR) is 53.8 cm³/mol. The summed E-state index contributed by atoms with van der Waals surface area (Å²) in [4.78, 5) is 10.7. The van der Waals surface area contributed by atoms with Crippen LogP contribution in [0.15, 0.2) is 0 Å². The molecule has 2 nitrogen and oxygen atoms in total. The van der Waals surface area contributed by atoms with Crippen LogP contribution in [0.4, 0.5) is 13.2 Å². The summed E-state index contributed by atoms with van der Waals surface area (Å²) in [7, 11) is 0. The van der Waals surface area contributed by atoms with Crippen LogP contribution in [0, 0.1) is 0 Å². The van der Waals surface area contributed by atoms with Crippen LogP contribution in [-0.4, -0.2) is 29.6 Å². The van der Waals surface area contributed by atoms with Gasteiger partial charge in [-0.2, -0.15) is 24.9 Å². The lowest BCUT2D eigenvalue weighted by molar-refractivity contribution is -0.174. The van der Waals surface area contributed by atoms with E-state index in [9.17, 15) is 18.0 Å². The normalized spacial score (nSPS) is 27.5. The number of hydrogen-bond donors (Lipinski definition) is 1. The Morgan fingerprint density at radius 3 is 2.60 bits per heavy atom. The standard InChI is InChI=1S/C9H14F3NOS/c1-15-7-4-2-3-6(5-7)13-8(14)9(10,11)12/h6-7H,2-5H2,1H3,(H,13,14). The second kappa shape index (κ2) is 5.09. The van der Waals surface area contributed by atoms with Crippen LogP contribution in [0.25, 0.3) is 0 Å². The van der Waals surface area contributed by atoms with Gasteiger partial charge < -0.3 is 5.32 Å². The molecule has 88 valence electrons. The molecule has 1 amide bonds. The van der Waals surface area contributed by atoms with Crippen LogP contribution in [-0.2, 0) is 4.79 Å². The van der Waals surface area contributed by atoms with Gasteiger partial charge in [0.25, 0.3) is 0 Å². The largest absolute Gasteiger partial charge is 0.471 e. The van der Waals surface area contributed by atoms with Crippen molar-refractivity contribution in [3.63, 3.8) is 0 Å². The van der Waals surface area contributed by atoms with Crippen molar-refractivity contribution in [3.05, 3.63) is 0 Å². The second-order valence-corrected chi connectivity index (χ2v) is 4.83. The molecule has 1 aliphatic carbocycles. The Labute approximate surface area is 91.0 Å². The minimum Gasteiger partial charge on any atom is -0.346 e. The molecule has 1 rings (SSSR count). The maximum Gasteiger partial charge on any atom is 0.471 e. The molecule has 0 aliphatic heterocycles. The quantitative estimate of drug-likeness (QED) is 0.804. The monoisotopic (exact) mass is 241 g/mol. The fraction of sp³-hybridized carbons (Fsp3) is 0.889. The lowest BCUT2D eigenvalue weighted by Gasteiger charge is -2.28. The average Bonchev–Trinajstić information content (AvgIpc) is 2.16. The molecule has 15 heavy (non-hydrogen) atoms. The number of amides is 1. The highest BCUT2D eigenvalue weighted by atomic mass is 32.2. The Morgan fingerprint density at radius 1 is 1.40 bits per heavy atom. The van der Waals surface area contributed by atoms with Crippen molar-refractivity contribution < 1.29 is 18.0 Å². The first-order chi connectivity index (χ1) is 6.93. The van der Waals surface area contributed by atoms with Gasteiger partial charge in [-0.1, -0.05) is 6.42 Å². The number of carbonyl (C=O) groups excluding carboxylic acids is 1. The lowest BCUT2D eigenvalue weighted by Crippen LogP contribution is -2.45. The highest BCUT2D eigenvalue weighted by molar-refractivity contribution is 7.99. The lowest BCUT2D eigenvalue weighted by atomic mass is 9.95. The third kappa shape index (κ3) is 3.93. The molecule has 0 radical (unpaired) electrons. The fourth-order valence-electron chi connectivity index (χ4n) is 1.76. The van der Waals surface area contributed by atoms with Gasteiger partial charge in [0.1, 0.15) is 0 Å². The highest BCUT2D eigenvalue weighted by Gasteiger charge is 2.40. The molecule has 0 heterocycles. The minimum atomic E-state index is -4.76. The van der Waals surface area contributed by atoms with Crippen molar-refractivity contribution in [1.29, 1.82) is 0 Å². The zero-order valence-electron chi connectivity index (χ0n) is 8.43. The Hall–Kier alpha value is -0.390. The van der Waals surface area contributed by atoms with E-state index in [1.807, 2.05) is 11.6 Å². The summed E-state index contributed by atoms with van der Waals surface area (Å²) in [6.45, 7) is 0. The van der Waals surface area contributed by atoms with Crippen LogP contribution in [0.2, 0.25) is 0 Å². The molecule has 6 heteroatoms. The van der Waals surface area contributed by atoms with Crippen molar-refractivity contribution in [1.82, 2.24) is 5.32 Å². The maximum atomic E-state index is 12.0. The van der Waals surface area contributed by atoms with Crippen LogP contribution in [0.5, 0.6) is 0 Å². The molecule has 0 saturated heterocycles. The van der Waals surface area contributed by atoms with E-state index in [4.69, 9.17) is 0 Å². The first-order valence-corrected chi connectivity index (χ1v) is 6.12. The smallest absolute Gasteiger partial charge is 0.346 e. The summed E-state index contributed by atoms with van der Waals surface area (Å²) in [5.41, 5.74) is 0. The highest BCUT2D eigenvalue weighted by Crippen LogP contribution is 2.27.